The minimum absolute atomic E-state index is 0.0298. The van der Waals surface area contributed by atoms with Gasteiger partial charge in [0.05, 0.1) is 11.4 Å². The lowest BCUT2D eigenvalue weighted by Crippen LogP contribution is -2.57. The number of rotatable bonds is 7. The summed E-state index contributed by atoms with van der Waals surface area (Å²) < 4.78 is 71.1. The van der Waals surface area contributed by atoms with Crippen LogP contribution in [-0.4, -0.2) is 71.2 Å². The lowest BCUT2D eigenvalue weighted by atomic mass is 9.72. The molecule has 10 N–H and O–H groups in total. The fourth-order valence-electron chi connectivity index (χ4n) is 7.83. The van der Waals surface area contributed by atoms with Gasteiger partial charge in [-0.25, -0.2) is 0 Å². The third-order valence-corrected chi connectivity index (χ3v) is 13.1. The number of hydrogen-bond acceptors (Lipinski definition) is 12. The molecule has 6 rings (SSSR count). The van der Waals surface area contributed by atoms with Crippen molar-refractivity contribution in [3.8, 4) is 11.1 Å². The van der Waals surface area contributed by atoms with E-state index in [1.807, 2.05) is 0 Å². The van der Waals surface area contributed by atoms with Crippen molar-refractivity contribution in [2.45, 2.75) is 48.4 Å². The van der Waals surface area contributed by atoms with Gasteiger partial charge < -0.3 is 21.9 Å². The van der Waals surface area contributed by atoms with Crippen molar-refractivity contribution in [3.63, 3.8) is 0 Å². The van der Waals surface area contributed by atoms with Gasteiger partial charge in [0.15, 0.2) is 9.49 Å². The van der Waals surface area contributed by atoms with Gasteiger partial charge >= 0.3 is 0 Å². The highest BCUT2D eigenvalue weighted by Gasteiger charge is 2.61. The van der Waals surface area contributed by atoms with Gasteiger partial charge in [0.1, 0.15) is 23.6 Å². The number of nitrogens with zero attached hydrogens (tertiary/aromatic N) is 2. The summed E-state index contributed by atoms with van der Waals surface area (Å²) >= 11 is 0. The Bertz CT molecular complexity index is 2290. The fraction of sp³-hybridized carbons (Fsp3) is 0.222. The van der Waals surface area contributed by atoms with Crippen LogP contribution in [0.3, 0.4) is 0 Å². The van der Waals surface area contributed by atoms with Gasteiger partial charge in [-0.3, -0.25) is 19.9 Å². The molecule has 4 aromatic carbocycles. The smallest absolute Gasteiger partial charge is 0.282 e. The summed E-state index contributed by atoms with van der Waals surface area (Å²) in [6, 6.07) is 21.4. The minimum atomic E-state index is -5.19. The molecule has 52 heavy (non-hydrogen) atoms. The lowest BCUT2D eigenvalue weighted by molar-refractivity contribution is 0.195. The molecule has 0 aromatic heterocycles. The lowest BCUT2D eigenvalue weighted by Gasteiger charge is -2.42. The van der Waals surface area contributed by atoms with E-state index in [0.717, 1.165) is 0 Å². The van der Waals surface area contributed by atoms with Crippen molar-refractivity contribution in [2.75, 3.05) is 0 Å². The highest BCUT2D eigenvalue weighted by atomic mass is 32.2. The van der Waals surface area contributed by atoms with Crippen LogP contribution in [-0.2, 0) is 42.6 Å². The SMILES string of the molecule is CCc1cc(-c2ccc(C3(S(=O)(=O)O)c4ccccc4C(=N)C(=NN)C3O)c(CC)c2)ccc1C1(S(=O)(=O)O)c2ccccc2C(=N)C(=NN)C1O. The molecule has 0 saturated heterocycles. The summed E-state index contributed by atoms with van der Waals surface area (Å²) in [6.07, 6.45) is -3.66. The Kier molecular flexibility index (Phi) is 9.06. The van der Waals surface area contributed by atoms with Gasteiger partial charge in [-0.2, -0.15) is 27.0 Å². The average molecular weight is 745 g/mol. The predicted molar refractivity (Wildman–Crippen MR) is 197 cm³/mol. The zero-order valence-corrected chi connectivity index (χ0v) is 29.6. The predicted octanol–water partition coefficient (Wildman–Crippen LogP) is 2.86. The monoisotopic (exact) mass is 744 g/mol. The molecule has 16 heteroatoms. The summed E-state index contributed by atoms with van der Waals surface area (Å²) in [7, 11) is -10.4. The van der Waals surface area contributed by atoms with E-state index in [0.29, 0.717) is 22.3 Å². The molecule has 4 atom stereocenters. The highest BCUT2D eigenvalue weighted by molar-refractivity contribution is 7.87. The number of hydrazone groups is 2. The number of hydrogen-bond donors (Lipinski definition) is 8. The number of aliphatic hydroxyl groups excluding tert-OH is 2. The first-order valence-electron chi connectivity index (χ1n) is 16.1. The van der Waals surface area contributed by atoms with E-state index < -0.39 is 53.4 Å². The van der Waals surface area contributed by atoms with Crippen LogP contribution < -0.4 is 11.7 Å². The van der Waals surface area contributed by atoms with Crippen LogP contribution in [0.25, 0.3) is 11.1 Å². The van der Waals surface area contributed by atoms with Gasteiger partial charge in [-0.05, 0) is 57.3 Å². The third-order valence-electron chi connectivity index (χ3n) is 10.2. The molecule has 0 aliphatic heterocycles. The normalized spacial score (nSPS) is 24.9. The highest BCUT2D eigenvalue weighted by Crippen LogP contribution is 2.50. The Morgan fingerprint density at radius 3 is 1.27 bits per heavy atom. The van der Waals surface area contributed by atoms with E-state index in [9.17, 15) is 36.2 Å². The van der Waals surface area contributed by atoms with Gasteiger partial charge in [-0.1, -0.05) is 98.8 Å². The Morgan fingerprint density at radius 2 is 0.962 bits per heavy atom. The number of nitrogens with one attached hydrogen (secondary N) is 2. The Morgan fingerprint density at radius 1 is 0.615 bits per heavy atom. The number of nitrogens with two attached hydrogens (primary N) is 2. The first-order chi connectivity index (χ1) is 24.6. The molecule has 0 saturated carbocycles. The topological polar surface area (TPSA) is 274 Å². The summed E-state index contributed by atoms with van der Waals surface area (Å²) in [4.78, 5) is 0. The Balaban J connectivity index is 1.59. The standard InChI is InChI=1S/C36H36N6O8S2/c1-3-19-17-21(13-15-25(19)35(51(45,46)47)27-11-7-5-9-23(27)29(37)31(41-39)33(35)43)22-14-16-26(20(4-2)18-22)36(52(48,49)50)28-12-8-6-10-24(28)30(38)32(42-40)34(36)44/h5-18,33-34,37-38,43-44H,3-4,39-40H2,1-2H3,(H,45,46,47)(H,48,49,50). The molecule has 270 valence electrons. The van der Waals surface area contributed by atoms with Gasteiger partial charge in [-0.15, -0.1) is 0 Å². The summed E-state index contributed by atoms with van der Waals surface area (Å²) in [6.45, 7) is 3.52. The van der Waals surface area contributed by atoms with Crippen molar-refractivity contribution in [1.29, 1.82) is 10.8 Å². The second-order valence-electron chi connectivity index (χ2n) is 12.5. The van der Waals surface area contributed by atoms with Gasteiger partial charge in [0.2, 0.25) is 0 Å². The molecule has 0 radical (unpaired) electrons. The molecule has 2 aliphatic rings. The maximum Gasteiger partial charge on any atom is 0.282 e. The van der Waals surface area contributed by atoms with Gasteiger partial charge in [0.25, 0.3) is 20.2 Å². The third kappa shape index (κ3) is 4.90. The van der Waals surface area contributed by atoms with E-state index in [-0.39, 0.29) is 57.6 Å². The van der Waals surface area contributed by atoms with Crippen LogP contribution >= 0.6 is 0 Å². The van der Waals surface area contributed by atoms with Crippen molar-refractivity contribution < 1.29 is 36.2 Å². The van der Waals surface area contributed by atoms with E-state index in [1.165, 1.54) is 48.5 Å². The van der Waals surface area contributed by atoms with Crippen molar-refractivity contribution in [3.05, 3.63) is 129 Å². The number of aliphatic hydroxyl groups is 2. The van der Waals surface area contributed by atoms with E-state index in [2.05, 4.69) is 10.2 Å². The van der Waals surface area contributed by atoms with E-state index in [1.54, 1.807) is 50.2 Å². The van der Waals surface area contributed by atoms with Crippen LogP contribution in [0, 0.1) is 10.8 Å². The Hall–Kier alpha value is -5.10. The second-order valence-corrected chi connectivity index (χ2v) is 15.7. The van der Waals surface area contributed by atoms with Gasteiger partial charge in [0, 0.05) is 11.1 Å². The summed E-state index contributed by atoms with van der Waals surface area (Å²) in [5, 5.41) is 47.5. The number of fused-ring (bicyclic) bond motifs is 2. The fourth-order valence-corrected chi connectivity index (χ4v) is 10.5. The van der Waals surface area contributed by atoms with Crippen LogP contribution in [0.15, 0.2) is 95.1 Å². The van der Waals surface area contributed by atoms with Crippen molar-refractivity contribution >= 4 is 43.1 Å². The molecule has 0 bridgehead atoms. The van der Waals surface area contributed by atoms with Crippen LogP contribution in [0.2, 0.25) is 0 Å². The maximum absolute atomic E-state index is 13.5. The largest absolute Gasteiger partial charge is 0.384 e. The summed E-state index contributed by atoms with van der Waals surface area (Å²) in [5.41, 5.74) is 0.697. The molecule has 0 spiro atoms. The summed E-state index contributed by atoms with van der Waals surface area (Å²) in [5.74, 6) is 11.1. The molecular weight excluding hydrogens is 709 g/mol. The first-order valence-corrected chi connectivity index (χ1v) is 19.0. The second kappa shape index (κ2) is 12.8. The molecule has 0 amide bonds. The van der Waals surface area contributed by atoms with Crippen LogP contribution in [0.4, 0.5) is 0 Å². The zero-order valence-electron chi connectivity index (χ0n) is 27.9. The number of benzene rings is 4. The Labute approximate surface area is 300 Å². The molecule has 0 fully saturated rings. The molecule has 4 aromatic rings. The number of aryl methyl sites for hydroxylation is 2. The minimum Gasteiger partial charge on any atom is -0.384 e. The quantitative estimate of drug-likeness (QED) is 0.0778. The average Bonchev–Trinajstić information content (AvgIpc) is 3.11. The van der Waals surface area contributed by atoms with Crippen molar-refractivity contribution in [1.82, 2.24) is 0 Å². The van der Waals surface area contributed by atoms with Crippen LogP contribution in [0.1, 0.15) is 58.4 Å². The molecular formula is C36H36N6O8S2. The van der Waals surface area contributed by atoms with E-state index in [4.69, 9.17) is 22.5 Å². The molecule has 2 aliphatic carbocycles. The molecule has 4 unspecified atom stereocenters. The molecule has 0 heterocycles. The van der Waals surface area contributed by atoms with Crippen LogP contribution in [0.5, 0.6) is 0 Å². The maximum atomic E-state index is 13.5. The van der Waals surface area contributed by atoms with E-state index >= 15 is 0 Å². The zero-order chi connectivity index (χ0) is 38.0. The molecule has 14 nitrogen and oxygen atoms in total. The van der Waals surface area contributed by atoms with Crippen molar-refractivity contribution in [2.24, 2.45) is 21.9 Å². The first kappa shape index (κ1) is 36.7.